The van der Waals surface area contributed by atoms with E-state index in [9.17, 15) is 4.79 Å². The molecule has 0 bridgehead atoms. The zero-order valence-corrected chi connectivity index (χ0v) is 10.5. The summed E-state index contributed by atoms with van der Waals surface area (Å²) in [6.45, 7) is 7.49. The van der Waals surface area contributed by atoms with Gasteiger partial charge in [0.15, 0.2) is 11.5 Å². The molecule has 0 aliphatic rings. The highest BCUT2D eigenvalue weighted by molar-refractivity contribution is 5.93. The van der Waals surface area contributed by atoms with Gasteiger partial charge in [0.2, 0.25) is 5.91 Å². The van der Waals surface area contributed by atoms with Crippen LogP contribution >= 0.6 is 0 Å². The van der Waals surface area contributed by atoms with Gasteiger partial charge in [-0.3, -0.25) is 4.79 Å². The molecule has 0 unspecified atom stereocenters. The second-order valence-electron chi connectivity index (χ2n) is 5.11. The predicted molar refractivity (Wildman–Crippen MR) is 65.8 cm³/mol. The van der Waals surface area contributed by atoms with Crippen LogP contribution in [0.5, 0.6) is 0 Å². The quantitative estimate of drug-likeness (QED) is 0.818. The Morgan fingerprint density at radius 1 is 1.35 bits per heavy atom. The van der Waals surface area contributed by atoms with Crippen molar-refractivity contribution in [3.05, 3.63) is 24.0 Å². The highest BCUT2D eigenvalue weighted by Crippen LogP contribution is 2.17. The lowest BCUT2D eigenvalue weighted by Crippen LogP contribution is -2.27. The summed E-state index contributed by atoms with van der Waals surface area (Å²) in [7, 11) is 0. The maximum atomic E-state index is 11.8. The third-order valence-corrected chi connectivity index (χ3v) is 2.38. The standard InChI is InChI=1S/C12H16N4O/c1-8-5-6-10-13-9(7-16(10)15-8)14-11(17)12(2,3)4/h5-7H,1-4H3,(H,14,17). The number of nitrogens with one attached hydrogen (secondary N) is 1. The van der Waals surface area contributed by atoms with Gasteiger partial charge < -0.3 is 5.32 Å². The largest absolute Gasteiger partial charge is 0.309 e. The smallest absolute Gasteiger partial charge is 0.230 e. The Morgan fingerprint density at radius 3 is 2.71 bits per heavy atom. The minimum absolute atomic E-state index is 0.0578. The van der Waals surface area contributed by atoms with Gasteiger partial charge in [-0.2, -0.15) is 5.10 Å². The molecule has 5 heteroatoms. The van der Waals surface area contributed by atoms with Crippen LogP contribution in [0.4, 0.5) is 5.82 Å². The predicted octanol–water partition coefficient (Wildman–Crippen LogP) is 2.02. The lowest BCUT2D eigenvalue weighted by atomic mass is 9.96. The van der Waals surface area contributed by atoms with Gasteiger partial charge in [-0.25, -0.2) is 9.50 Å². The first kappa shape index (κ1) is 11.6. The third-order valence-electron chi connectivity index (χ3n) is 2.38. The van der Waals surface area contributed by atoms with Gasteiger partial charge in [-0.05, 0) is 19.1 Å². The van der Waals surface area contributed by atoms with Gasteiger partial charge in [-0.1, -0.05) is 20.8 Å². The lowest BCUT2D eigenvalue weighted by Gasteiger charge is -2.15. The van der Waals surface area contributed by atoms with Gasteiger partial charge in [0.1, 0.15) is 0 Å². The zero-order valence-electron chi connectivity index (χ0n) is 10.5. The van der Waals surface area contributed by atoms with Gasteiger partial charge in [-0.15, -0.1) is 0 Å². The summed E-state index contributed by atoms with van der Waals surface area (Å²) in [5.41, 5.74) is 1.20. The van der Waals surface area contributed by atoms with E-state index in [0.29, 0.717) is 5.82 Å². The average Bonchev–Trinajstić information content (AvgIpc) is 2.57. The van der Waals surface area contributed by atoms with E-state index in [-0.39, 0.29) is 5.91 Å². The molecule has 1 N–H and O–H groups in total. The molecule has 17 heavy (non-hydrogen) atoms. The molecule has 1 amide bonds. The Hall–Kier alpha value is -1.91. The molecule has 5 nitrogen and oxygen atoms in total. The first-order chi connectivity index (χ1) is 7.86. The third kappa shape index (κ3) is 2.43. The molecular formula is C12H16N4O. The van der Waals surface area contributed by atoms with Crippen LogP contribution < -0.4 is 5.32 Å². The number of nitrogens with zero attached hydrogens (tertiary/aromatic N) is 3. The summed E-state index contributed by atoms with van der Waals surface area (Å²) >= 11 is 0. The van der Waals surface area contributed by atoms with Crippen molar-refractivity contribution >= 4 is 17.4 Å². The zero-order chi connectivity index (χ0) is 12.6. The Balaban J connectivity index is 2.29. The van der Waals surface area contributed by atoms with E-state index in [0.717, 1.165) is 11.3 Å². The molecule has 0 saturated heterocycles. The van der Waals surface area contributed by atoms with Gasteiger partial charge in [0.05, 0.1) is 11.9 Å². The van der Waals surface area contributed by atoms with Crippen molar-refractivity contribution < 1.29 is 4.79 Å². The fourth-order valence-electron chi connectivity index (χ4n) is 1.34. The second-order valence-corrected chi connectivity index (χ2v) is 5.11. The summed E-state index contributed by atoms with van der Waals surface area (Å²) in [5.74, 6) is 0.473. The van der Waals surface area contributed by atoms with Crippen molar-refractivity contribution in [3.8, 4) is 0 Å². The molecule has 0 saturated carbocycles. The Labute approximate surface area is 99.9 Å². The normalized spacial score (nSPS) is 11.8. The average molecular weight is 232 g/mol. The van der Waals surface area contributed by atoms with Crippen molar-refractivity contribution in [1.82, 2.24) is 14.6 Å². The number of aryl methyl sites for hydroxylation is 1. The first-order valence-corrected chi connectivity index (χ1v) is 5.51. The number of imidazole rings is 1. The number of carbonyl (C=O) groups is 1. The number of fused-ring (bicyclic) bond motifs is 1. The Kier molecular flexibility index (Phi) is 2.61. The summed E-state index contributed by atoms with van der Waals surface area (Å²) in [6.07, 6.45) is 1.71. The van der Waals surface area contributed by atoms with E-state index in [1.807, 2.05) is 39.8 Å². The molecule has 0 atom stereocenters. The monoisotopic (exact) mass is 232 g/mol. The SMILES string of the molecule is Cc1ccc2nc(NC(=O)C(C)(C)C)cn2n1. The summed E-state index contributed by atoms with van der Waals surface area (Å²) in [4.78, 5) is 16.1. The van der Waals surface area contributed by atoms with Crippen molar-refractivity contribution in [2.75, 3.05) is 5.32 Å². The van der Waals surface area contributed by atoms with Crippen LogP contribution in [0.15, 0.2) is 18.3 Å². The van der Waals surface area contributed by atoms with Gasteiger partial charge in [0, 0.05) is 5.41 Å². The summed E-state index contributed by atoms with van der Waals surface area (Å²) in [6, 6.07) is 3.76. The van der Waals surface area contributed by atoms with E-state index in [4.69, 9.17) is 0 Å². The number of hydrogen-bond donors (Lipinski definition) is 1. The van der Waals surface area contributed by atoms with Gasteiger partial charge >= 0.3 is 0 Å². The number of hydrogen-bond acceptors (Lipinski definition) is 3. The number of aromatic nitrogens is 3. The topological polar surface area (TPSA) is 59.3 Å². The molecule has 90 valence electrons. The molecule has 0 fully saturated rings. The fourth-order valence-corrected chi connectivity index (χ4v) is 1.34. The summed E-state index contributed by atoms with van der Waals surface area (Å²) < 4.78 is 1.66. The number of carbonyl (C=O) groups excluding carboxylic acids is 1. The van der Waals surface area contributed by atoms with E-state index in [1.165, 1.54) is 0 Å². The molecule has 2 aromatic heterocycles. The van der Waals surface area contributed by atoms with Crippen LogP contribution in [0.3, 0.4) is 0 Å². The molecule has 2 aromatic rings. The Morgan fingerprint density at radius 2 is 2.06 bits per heavy atom. The van der Waals surface area contributed by atoms with E-state index >= 15 is 0 Å². The lowest BCUT2D eigenvalue weighted by molar-refractivity contribution is -0.123. The van der Waals surface area contributed by atoms with Crippen LogP contribution in [-0.2, 0) is 4.79 Å². The van der Waals surface area contributed by atoms with Crippen LogP contribution in [0.2, 0.25) is 0 Å². The number of anilines is 1. The van der Waals surface area contributed by atoms with Crippen molar-refractivity contribution in [2.45, 2.75) is 27.7 Å². The number of amides is 1. The second kappa shape index (κ2) is 3.84. The minimum Gasteiger partial charge on any atom is -0.309 e. The Bertz CT molecular complexity index is 565. The molecule has 0 aliphatic carbocycles. The maximum absolute atomic E-state index is 11.8. The molecule has 0 aromatic carbocycles. The van der Waals surface area contributed by atoms with Crippen molar-refractivity contribution in [2.24, 2.45) is 5.41 Å². The minimum atomic E-state index is -0.431. The van der Waals surface area contributed by atoms with Crippen molar-refractivity contribution in [3.63, 3.8) is 0 Å². The van der Waals surface area contributed by atoms with Crippen LogP contribution in [0.25, 0.3) is 5.65 Å². The number of rotatable bonds is 1. The molecule has 0 radical (unpaired) electrons. The molecule has 2 rings (SSSR count). The molecular weight excluding hydrogens is 216 g/mol. The van der Waals surface area contributed by atoms with Crippen LogP contribution in [0.1, 0.15) is 26.5 Å². The fraction of sp³-hybridized carbons (Fsp3) is 0.417. The molecule has 0 aliphatic heterocycles. The van der Waals surface area contributed by atoms with Gasteiger partial charge in [0.25, 0.3) is 0 Å². The van der Waals surface area contributed by atoms with E-state index in [2.05, 4.69) is 15.4 Å². The van der Waals surface area contributed by atoms with Crippen LogP contribution in [0, 0.1) is 12.3 Å². The highest BCUT2D eigenvalue weighted by atomic mass is 16.2. The summed E-state index contributed by atoms with van der Waals surface area (Å²) in [5, 5.41) is 7.05. The maximum Gasteiger partial charge on any atom is 0.230 e. The van der Waals surface area contributed by atoms with E-state index in [1.54, 1.807) is 10.7 Å². The van der Waals surface area contributed by atoms with Crippen LogP contribution in [-0.4, -0.2) is 20.5 Å². The highest BCUT2D eigenvalue weighted by Gasteiger charge is 2.22. The molecule has 2 heterocycles. The molecule has 0 spiro atoms. The van der Waals surface area contributed by atoms with Crippen molar-refractivity contribution in [1.29, 1.82) is 0 Å². The van der Waals surface area contributed by atoms with E-state index < -0.39 is 5.41 Å². The first-order valence-electron chi connectivity index (χ1n) is 5.51.